The summed E-state index contributed by atoms with van der Waals surface area (Å²) in [4.78, 5) is 12.0. The lowest BCUT2D eigenvalue weighted by molar-refractivity contribution is 0.0948. The van der Waals surface area contributed by atoms with Crippen molar-refractivity contribution in [1.82, 2.24) is 25.3 Å². The Labute approximate surface area is 116 Å². The fraction of sp³-hybridized carbons (Fsp3) is 0.462. The number of aromatic amines is 1. The fourth-order valence-corrected chi connectivity index (χ4v) is 2.18. The molecule has 4 N–H and O–H groups in total. The molecular formula is C13H18N6O. The monoisotopic (exact) mass is 274 g/mol. The van der Waals surface area contributed by atoms with Crippen LogP contribution in [0.15, 0.2) is 18.5 Å². The highest BCUT2D eigenvalue weighted by Crippen LogP contribution is 2.42. The van der Waals surface area contributed by atoms with Gasteiger partial charge in [0.25, 0.3) is 5.91 Å². The van der Waals surface area contributed by atoms with Crippen LogP contribution in [0.5, 0.6) is 0 Å². The Kier molecular flexibility index (Phi) is 3.41. The molecule has 1 aliphatic rings. The third-order valence-corrected chi connectivity index (χ3v) is 3.44. The second-order valence-electron chi connectivity index (χ2n) is 5.05. The number of carbonyl (C=O) groups is 1. The van der Waals surface area contributed by atoms with Gasteiger partial charge >= 0.3 is 0 Å². The van der Waals surface area contributed by atoms with Crippen LogP contribution in [0.25, 0.3) is 0 Å². The number of H-pyrrole nitrogens is 1. The maximum atomic E-state index is 12.0. The van der Waals surface area contributed by atoms with Crippen LogP contribution in [-0.2, 0) is 6.54 Å². The van der Waals surface area contributed by atoms with Gasteiger partial charge in [-0.3, -0.25) is 14.6 Å². The van der Waals surface area contributed by atoms with Gasteiger partial charge in [-0.15, -0.1) is 0 Å². The van der Waals surface area contributed by atoms with Crippen LogP contribution in [0, 0.1) is 0 Å². The van der Waals surface area contributed by atoms with Crippen molar-refractivity contribution < 1.29 is 4.79 Å². The van der Waals surface area contributed by atoms with Crippen LogP contribution in [-0.4, -0.2) is 32.4 Å². The highest BCUT2D eigenvalue weighted by atomic mass is 16.1. The molecule has 7 heteroatoms. The van der Waals surface area contributed by atoms with E-state index in [-0.39, 0.29) is 5.91 Å². The number of aromatic nitrogens is 4. The average molecular weight is 274 g/mol. The molecule has 0 radical (unpaired) electrons. The first kappa shape index (κ1) is 12.7. The summed E-state index contributed by atoms with van der Waals surface area (Å²) < 4.78 is 1.83. The normalized spacial score (nSPS) is 14.4. The Morgan fingerprint density at radius 1 is 1.55 bits per heavy atom. The summed E-state index contributed by atoms with van der Waals surface area (Å²) in [6.45, 7) is 1.35. The summed E-state index contributed by atoms with van der Waals surface area (Å²) in [5.74, 6) is 0.245. The van der Waals surface area contributed by atoms with E-state index in [1.54, 1.807) is 6.20 Å². The summed E-state index contributed by atoms with van der Waals surface area (Å²) in [6.07, 6.45) is 6.69. The topological polar surface area (TPSA) is 102 Å². The largest absolute Gasteiger partial charge is 0.395 e. The van der Waals surface area contributed by atoms with Gasteiger partial charge in [0.15, 0.2) is 5.69 Å². The summed E-state index contributed by atoms with van der Waals surface area (Å²) >= 11 is 0. The molecular weight excluding hydrogens is 256 g/mol. The van der Waals surface area contributed by atoms with Crippen LogP contribution in [0.2, 0.25) is 0 Å². The van der Waals surface area contributed by atoms with E-state index in [0.717, 1.165) is 31.5 Å². The smallest absolute Gasteiger partial charge is 0.273 e. The van der Waals surface area contributed by atoms with Crippen molar-refractivity contribution >= 4 is 11.6 Å². The summed E-state index contributed by atoms with van der Waals surface area (Å²) in [5.41, 5.74) is 7.68. The van der Waals surface area contributed by atoms with Crippen LogP contribution >= 0.6 is 0 Å². The second kappa shape index (κ2) is 5.36. The molecule has 2 heterocycles. The molecule has 1 saturated carbocycles. The third kappa shape index (κ3) is 2.66. The summed E-state index contributed by atoms with van der Waals surface area (Å²) in [7, 11) is 0. The molecule has 1 amide bonds. The SMILES string of the molecule is Nc1c(C(=O)NCCCn2cccn2)n[nH]c1C1CC1. The minimum absolute atomic E-state index is 0.217. The maximum Gasteiger partial charge on any atom is 0.273 e. The molecule has 20 heavy (non-hydrogen) atoms. The molecule has 0 bridgehead atoms. The van der Waals surface area contributed by atoms with E-state index in [1.807, 2.05) is 16.9 Å². The standard InChI is InChI=1S/C13H18N6O/c14-10-11(9-3-4-9)17-18-12(10)13(20)15-5-1-7-19-8-2-6-16-19/h2,6,8-9H,1,3-5,7,14H2,(H,15,20)(H,17,18). The number of rotatable bonds is 6. The van der Waals surface area contributed by atoms with Crippen LogP contribution in [0.1, 0.15) is 41.4 Å². The van der Waals surface area contributed by atoms with Gasteiger partial charge < -0.3 is 11.1 Å². The van der Waals surface area contributed by atoms with Crippen molar-refractivity contribution in [2.75, 3.05) is 12.3 Å². The number of nitrogens with one attached hydrogen (secondary N) is 2. The van der Waals surface area contributed by atoms with Crippen LogP contribution in [0.3, 0.4) is 0 Å². The molecule has 0 atom stereocenters. The Morgan fingerprint density at radius 3 is 3.10 bits per heavy atom. The van der Waals surface area contributed by atoms with Crippen molar-refractivity contribution in [2.24, 2.45) is 0 Å². The summed E-state index contributed by atoms with van der Waals surface area (Å²) in [6, 6.07) is 1.88. The number of nitrogens with zero attached hydrogens (tertiary/aromatic N) is 3. The number of carbonyl (C=O) groups excluding carboxylic acids is 1. The van der Waals surface area contributed by atoms with Gasteiger partial charge in [0.2, 0.25) is 0 Å². The van der Waals surface area contributed by atoms with Crippen LogP contribution in [0.4, 0.5) is 5.69 Å². The number of hydrogen-bond donors (Lipinski definition) is 3. The first-order chi connectivity index (χ1) is 9.75. The van der Waals surface area contributed by atoms with Crippen molar-refractivity contribution in [2.45, 2.75) is 31.7 Å². The van der Waals surface area contributed by atoms with Gasteiger partial charge in [0.1, 0.15) is 0 Å². The van der Waals surface area contributed by atoms with Gasteiger partial charge in [-0.05, 0) is 25.3 Å². The molecule has 0 spiro atoms. The van der Waals surface area contributed by atoms with Gasteiger partial charge in [-0.25, -0.2) is 0 Å². The van der Waals surface area contributed by atoms with E-state index >= 15 is 0 Å². The molecule has 7 nitrogen and oxygen atoms in total. The first-order valence-corrected chi connectivity index (χ1v) is 6.85. The summed E-state index contributed by atoms with van der Waals surface area (Å²) in [5, 5.41) is 13.8. The number of amides is 1. The maximum absolute atomic E-state index is 12.0. The molecule has 1 aliphatic carbocycles. The number of nitrogens with two attached hydrogens (primary N) is 1. The zero-order valence-corrected chi connectivity index (χ0v) is 11.2. The van der Waals surface area contributed by atoms with Gasteiger partial charge in [-0.1, -0.05) is 0 Å². The Hall–Kier alpha value is -2.31. The molecule has 0 aromatic carbocycles. The van der Waals surface area contributed by atoms with Crippen molar-refractivity contribution in [3.8, 4) is 0 Å². The van der Waals surface area contributed by atoms with E-state index in [0.29, 0.717) is 23.8 Å². The lowest BCUT2D eigenvalue weighted by Gasteiger charge is -2.04. The molecule has 106 valence electrons. The molecule has 1 fully saturated rings. The zero-order valence-electron chi connectivity index (χ0n) is 11.2. The van der Waals surface area contributed by atoms with Crippen LogP contribution < -0.4 is 11.1 Å². The number of anilines is 1. The first-order valence-electron chi connectivity index (χ1n) is 6.85. The predicted octanol–water partition coefficient (Wildman–Crippen LogP) is 0.886. The highest BCUT2D eigenvalue weighted by Gasteiger charge is 2.30. The second-order valence-corrected chi connectivity index (χ2v) is 5.05. The van der Waals surface area contributed by atoms with E-state index in [9.17, 15) is 4.79 Å². The van der Waals surface area contributed by atoms with Gasteiger partial charge in [0, 0.05) is 31.4 Å². The van der Waals surface area contributed by atoms with E-state index in [1.165, 1.54) is 0 Å². The lowest BCUT2D eigenvalue weighted by atomic mass is 10.2. The minimum atomic E-state index is -0.217. The molecule has 0 unspecified atom stereocenters. The van der Waals surface area contributed by atoms with Crippen molar-refractivity contribution in [1.29, 1.82) is 0 Å². The Morgan fingerprint density at radius 2 is 2.40 bits per heavy atom. The predicted molar refractivity (Wildman–Crippen MR) is 74.2 cm³/mol. The molecule has 2 aromatic rings. The Balaban J connectivity index is 1.49. The van der Waals surface area contributed by atoms with Crippen molar-refractivity contribution in [3.05, 3.63) is 29.8 Å². The molecule has 2 aromatic heterocycles. The highest BCUT2D eigenvalue weighted by molar-refractivity contribution is 5.97. The minimum Gasteiger partial charge on any atom is -0.395 e. The van der Waals surface area contributed by atoms with Crippen molar-refractivity contribution in [3.63, 3.8) is 0 Å². The third-order valence-electron chi connectivity index (χ3n) is 3.44. The Bertz CT molecular complexity index is 584. The number of aryl methyl sites for hydroxylation is 1. The van der Waals surface area contributed by atoms with E-state index in [4.69, 9.17) is 5.73 Å². The average Bonchev–Trinajstić information content (AvgIpc) is 3.00. The number of hydrogen-bond acceptors (Lipinski definition) is 4. The lowest BCUT2D eigenvalue weighted by Crippen LogP contribution is -2.26. The zero-order chi connectivity index (χ0) is 13.9. The fourth-order valence-electron chi connectivity index (χ4n) is 2.18. The molecule has 0 aliphatic heterocycles. The van der Waals surface area contributed by atoms with Gasteiger partial charge in [0.05, 0.1) is 11.4 Å². The van der Waals surface area contributed by atoms with Gasteiger partial charge in [-0.2, -0.15) is 10.2 Å². The van der Waals surface area contributed by atoms with E-state index in [2.05, 4.69) is 20.6 Å². The van der Waals surface area contributed by atoms with E-state index < -0.39 is 0 Å². The quantitative estimate of drug-likeness (QED) is 0.681. The number of nitrogen functional groups attached to an aromatic ring is 1. The molecule has 0 saturated heterocycles. The molecule has 3 rings (SSSR count).